The van der Waals surface area contributed by atoms with Gasteiger partial charge in [0.25, 0.3) is 0 Å². The number of thioether (sulfide) groups is 1. The molecule has 4 nitrogen and oxygen atoms in total. The number of nitrogens with two attached hydrogens (primary N) is 1. The van der Waals surface area contributed by atoms with E-state index in [1.54, 1.807) is 0 Å². The Morgan fingerprint density at radius 2 is 2.18 bits per heavy atom. The van der Waals surface area contributed by atoms with Crippen LogP contribution in [0.2, 0.25) is 0 Å². The van der Waals surface area contributed by atoms with Crippen molar-refractivity contribution in [3.05, 3.63) is 11.7 Å². The molecule has 1 aliphatic heterocycles. The van der Waals surface area contributed by atoms with Gasteiger partial charge in [0.05, 0.1) is 10.8 Å². The van der Waals surface area contributed by atoms with Crippen LogP contribution in [0.25, 0.3) is 0 Å². The van der Waals surface area contributed by atoms with E-state index >= 15 is 0 Å². The third kappa shape index (κ3) is 2.65. The van der Waals surface area contributed by atoms with E-state index in [-0.39, 0.29) is 0 Å². The molecule has 5 heteroatoms. The number of aromatic nitrogens is 2. The van der Waals surface area contributed by atoms with Gasteiger partial charge in [-0.3, -0.25) is 0 Å². The Morgan fingerprint density at radius 3 is 2.76 bits per heavy atom. The van der Waals surface area contributed by atoms with Gasteiger partial charge in [0.15, 0.2) is 5.82 Å². The van der Waals surface area contributed by atoms with Crippen molar-refractivity contribution in [2.75, 3.05) is 5.75 Å². The minimum absolute atomic E-state index is 0.378. The molecule has 1 aliphatic rings. The van der Waals surface area contributed by atoms with Crippen LogP contribution in [-0.4, -0.2) is 15.9 Å². The molecule has 1 fully saturated rings. The topological polar surface area (TPSA) is 64.9 Å². The lowest BCUT2D eigenvalue weighted by Gasteiger charge is -2.22. The molecule has 1 aromatic heterocycles. The summed E-state index contributed by atoms with van der Waals surface area (Å²) in [5.74, 6) is 2.63. The van der Waals surface area contributed by atoms with E-state index in [9.17, 15) is 0 Å². The minimum Gasteiger partial charge on any atom is -0.338 e. The van der Waals surface area contributed by atoms with Gasteiger partial charge in [-0.2, -0.15) is 4.98 Å². The van der Waals surface area contributed by atoms with Crippen LogP contribution in [-0.2, 0) is 5.54 Å². The molecule has 0 amide bonds. The Labute approximate surface area is 107 Å². The lowest BCUT2D eigenvalue weighted by molar-refractivity contribution is 0.332. The number of hydrogen-bond acceptors (Lipinski definition) is 5. The molecule has 0 radical (unpaired) electrons. The van der Waals surface area contributed by atoms with Gasteiger partial charge < -0.3 is 10.3 Å². The Balaban J connectivity index is 2.14. The van der Waals surface area contributed by atoms with Crippen molar-refractivity contribution in [3.8, 4) is 0 Å². The van der Waals surface area contributed by atoms with Crippen molar-refractivity contribution in [2.24, 2.45) is 5.73 Å². The molecular weight excluding hydrogens is 234 g/mol. The first-order valence-electron chi connectivity index (χ1n) is 6.44. The predicted octanol–water partition coefficient (Wildman–Crippen LogP) is 3.00. The van der Waals surface area contributed by atoms with E-state index in [2.05, 4.69) is 24.0 Å². The summed E-state index contributed by atoms with van der Waals surface area (Å²) in [7, 11) is 0. The molecule has 0 bridgehead atoms. The smallest absolute Gasteiger partial charge is 0.239 e. The molecule has 0 aliphatic carbocycles. The van der Waals surface area contributed by atoms with Crippen LogP contribution in [0.3, 0.4) is 0 Å². The van der Waals surface area contributed by atoms with Crippen LogP contribution in [0, 0.1) is 0 Å². The first kappa shape index (κ1) is 12.9. The van der Waals surface area contributed by atoms with E-state index in [1.807, 2.05) is 11.8 Å². The molecule has 0 spiro atoms. The van der Waals surface area contributed by atoms with E-state index in [0.717, 1.165) is 25.2 Å². The maximum atomic E-state index is 6.27. The molecule has 1 atom stereocenters. The van der Waals surface area contributed by atoms with E-state index < -0.39 is 5.54 Å². The molecule has 2 N–H and O–H groups in total. The van der Waals surface area contributed by atoms with Crippen LogP contribution in [0.15, 0.2) is 4.52 Å². The molecule has 96 valence electrons. The van der Waals surface area contributed by atoms with E-state index in [1.165, 1.54) is 18.6 Å². The second kappa shape index (κ2) is 5.40. The summed E-state index contributed by atoms with van der Waals surface area (Å²) in [6, 6.07) is 0. The van der Waals surface area contributed by atoms with Gasteiger partial charge in [-0.1, -0.05) is 25.4 Å². The normalized spacial score (nSPS) is 21.7. The van der Waals surface area contributed by atoms with Gasteiger partial charge in [-0.25, -0.2) is 0 Å². The van der Waals surface area contributed by atoms with Crippen LogP contribution >= 0.6 is 11.8 Å². The highest BCUT2D eigenvalue weighted by atomic mass is 32.2. The predicted molar refractivity (Wildman–Crippen MR) is 69.8 cm³/mol. The maximum absolute atomic E-state index is 6.27. The van der Waals surface area contributed by atoms with Crippen LogP contribution in [0.4, 0.5) is 0 Å². The Morgan fingerprint density at radius 1 is 1.41 bits per heavy atom. The first-order chi connectivity index (χ1) is 8.19. The van der Waals surface area contributed by atoms with Gasteiger partial charge in [-0.15, -0.1) is 11.8 Å². The number of rotatable bonds is 4. The van der Waals surface area contributed by atoms with Crippen molar-refractivity contribution < 1.29 is 4.52 Å². The zero-order valence-corrected chi connectivity index (χ0v) is 11.4. The summed E-state index contributed by atoms with van der Waals surface area (Å²) in [4.78, 5) is 4.52. The highest BCUT2D eigenvalue weighted by Gasteiger charge is 2.31. The molecule has 1 saturated heterocycles. The van der Waals surface area contributed by atoms with Crippen molar-refractivity contribution >= 4 is 11.8 Å². The highest BCUT2D eigenvalue weighted by Crippen LogP contribution is 2.38. The summed E-state index contributed by atoms with van der Waals surface area (Å²) >= 11 is 1.92. The summed E-state index contributed by atoms with van der Waals surface area (Å²) in [6.45, 7) is 4.13. The summed E-state index contributed by atoms with van der Waals surface area (Å²) in [6.07, 6.45) is 5.36. The molecule has 1 unspecified atom stereocenters. The van der Waals surface area contributed by atoms with Crippen LogP contribution in [0.5, 0.6) is 0 Å². The van der Waals surface area contributed by atoms with Gasteiger partial charge in [0.1, 0.15) is 0 Å². The molecule has 0 saturated carbocycles. The number of nitrogens with zero attached hydrogens (tertiary/aromatic N) is 2. The highest BCUT2D eigenvalue weighted by molar-refractivity contribution is 7.99. The van der Waals surface area contributed by atoms with E-state index in [4.69, 9.17) is 10.3 Å². The standard InChI is InChI=1S/C12H21N3OS/c1-3-12(13,4-2)11-14-10(16-15-11)9-7-5-6-8-17-9/h9H,3-8,13H2,1-2H3. The minimum atomic E-state index is -0.429. The van der Waals surface area contributed by atoms with Crippen LogP contribution in [0.1, 0.15) is 62.9 Å². The lowest BCUT2D eigenvalue weighted by atomic mass is 9.93. The van der Waals surface area contributed by atoms with Gasteiger partial charge in [0, 0.05) is 0 Å². The SMILES string of the molecule is CCC(N)(CC)c1noc(C2CCCCS2)n1. The van der Waals surface area contributed by atoms with Crippen molar-refractivity contribution in [1.82, 2.24) is 10.1 Å². The summed E-state index contributed by atoms with van der Waals surface area (Å²) in [5, 5.41) is 4.46. The average Bonchev–Trinajstić information content (AvgIpc) is 2.89. The molecule has 2 heterocycles. The van der Waals surface area contributed by atoms with Crippen LogP contribution < -0.4 is 5.73 Å². The van der Waals surface area contributed by atoms with Crippen molar-refractivity contribution in [2.45, 2.75) is 56.7 Å². The lowest BCUT2D eigenvalue weighted by Crippen LogP contribution is -2.36. The average molecular weight is 255 g/mol. The molecule has 1 aromatic rings. The zero-order chi connectivity index (χ0) is 12.3. The maximum Gasteiger partial charge on any atom is 0.239 e. The fraction of sp³-hybridized carbons (Fsp3) is 0.833. The summed E-state index contributed by atoms with van der Waals surface area (Å²) < 4.78 is 5.39. The second-order valence-electron chi connectivity index (χ2n) is 4.67. The fourth-order valence-corrected chi connectivity index (χ4v) is 3.30. The van der Waals surface area contributed by atoms with E-state index in [0.29, 0.717) is 11.1 Å². The van der Waals surface area contributed by atoms with Gasteiger partial charge in [-0.05, 0) is 31.4 Å². The van der Waals surface area contributed by atoms with Gasteiger partial charge in [0.2, 0.25) is 5.89 Å². The zero-order valence-electron chi connectivity index (χ0n) is 10.6. The Bertz CT molecular complexity index is 356. The van der Waals surface area contributed by atoms with Crippen molar-refractivity contribution in [3.63, 3.8) is 0 Å². The second-order valence-corrected chi connectivity index (χ2v) is 5.99. The third-order valence-electron chi connectivity index (χ3n) is 3.60. The number of hydrogen-bond donors (Lipinski definition) is 1. The molecule has 2 rings (SSSR count). The third-order valence-corrected chi connectivity index (χ3v) is 4.97. The van der Waals surface area contributed by atoms with Gasteiger partial charge >= 0.3 is 0 Å². The van der Waals surface area contributed by atoms with Crippen molar-refractivity contribution in [1.29, 1.82) is 0 Å². The fourth-order valence-electron chi connectivity index (χ4n) is 2.07. The summed E-state index contributed by atoms with van der Waals surface area (Å²) in [5.41, 5.74) is 5.84. The Hall–Kier alpha value is -0.550. The molecule has 17 heavy (non-hydrogen) atoms. The first-order valence-corrected chi connectivity index (χ1v) is 7.49. The quantitative estimate of drug-likeness (QED) is 0.896. The molecular formula is C12H21N3OS. The monoisotopic (exact) mass is 255 g/mol. The largest absolute Gasteiger partial charge is 0.338 e. The Kier molecular flexibility index (Phi) is 4.09. The molecule has 0 aromatic carbocycles.